The van der Waals surface area contributed by atoms with E-state index in [0.717, 1.165) is 55.0 Å². The first-order valence-electron chi connectivity index (χ1n) is 17.5. The molecule has 2 aromatic heterocycles. The minimum absolute atomic E-state index is 0.0494. The highest BCUT2D eigenvalue weighted by Crippen LogP contribution is 2.30. The highest BCUT2D eigenvalue weighted by molar-refractivity contribution is 5.94. The molecule has 0 radical (unpaired) electrons. The molecule has 6 rings (SSSR count). The van der Waals surface area contributed by atoms with Gasteiger partial charge in [-0.15, -0.1) is 0 Å². The minimum atomic E-state index is -1.05. The number of rotatable bonds is 11. The van der Waals surface area contributed by atoms with E-state index in [4.69, 9.17) is 18.6 Å². The van der Waals surface area contributed by atoms with Crippen LogP contribution in [0.4, 0.5) is 4.79 Å². The number of aliphatic hydroxyl groups is 1. The fourth-order valence-electron chi connectivity index (χ4n) is 6.40. The van der Waals surface area contributed by atoms with Crippen LogP contribution in [0.5, 0.6) is 11.5 Å². The molecular weight excluding hydrogens is 650 g/mol. The van der Waals surface area contributed by atoms with Gasteiger partial charge >= 0.3 is 6.09 Å². The molecule has 2 N–H and O–H groups in total. The van der Waals surface area contributed by atoms with Crippen molar-refractivity contribution in [1.29, 1.82) is 0 Å². The van der Waals surface area contributed by atoms with Crippen molar-refractivity contribution >= 4 is 12.0 Å². The lowest BCUT2D eigenvalue weighted by Crippen LogP contribution is -2.54. The lowest BCUT2D eigenvalue weighted by atomic mass is 9.91. The van der Waals surface area contributed by atoms with E-state index in [9.17, 15) is 14.7 Å². The number of ether oxygens (including phenoxy) is 3. The Morgan fingerprint density at radius 3 is 2.43 bits per heavy atom. The van der Waals surface area contributed by atoms with Crippen LogP contribution in [0.2, 0.25) is 0 Å². The SMILES string of the molecule is Cc1ncoc1COc1ccc2c(c1)CN(C(=O)OC(C)(C)C)[C@H]([C@H](O)CNC(=O)c1ccc(OC3CCN(Cc4ccncc4)CC3)cc1)C2. The Kier molecular flexibility index (Phi) is 11.2. The van der Waals surface area contributed by atoms with E-state index in [-0.39, 0.29) is 31.7 Å². The summed E-state index contributed by atoms with van der Waals surface area (Å²) in [5.74, 6) is 1.66. The van der Waals surface area contributed by atoms with Gasteiger partial charge in [-0.1, -0.05) is 6.07 Å². The van der Waals surface area contributed by atoms with Crippen molar-refractivity contribution in [3.8, 4) is 11.5 Å². The van der Waals surface area contributed by atoms with E-state index in [1.807, 2.05) is 61.8 Å². The molecule has 2 aliphatic rings. The Labute approximate surface area is 298 Å². The van der Waals surface area contributed by atoms with Crippen LogP contribution in [-0.4, -0.2) is 80.4 Å². The summed E-state index contributed by atoms with van der Waals surface area (Å²) >= 11 is 0. The molecule has 4 aromatic rings. The summed E-state index contributed by atoms with van der Waals surface area (Å²) in [5.41, 5.74) is 3.60. The molecule has 0 unspecified atom stereocenters. The highest BCUT2D eigenvalue weighted by Gasteiger charge is 2.37. The van der Waals surface area contributed by atoms with Crippen LogP contribution in [0, 0.1) is 6.92 Å². The zero-order valence-corrected chi connectivity index (χ0v) is 29.7. The number of nitrogens with zero attached hydrogens (tertiary/aromatic N) is 4. The number of benzene rings is 2. The summed E-state index contributed by atoms with van der Waals surface area (Å²) in [6.07, 6.45) is 5.79. The fourth-order valence-corrected chi connectivity index (χ4v) is 6.40. The largest absolute Gasteiger partial charge is 0.490 e. The van der Waals surface area contributed by atoms with Crippen molar-refractivity contribution in [2.45, 2.75) is 90.5 Å². The van der Waals surface area contributed by atoms with Gasteiger partial charge in [-0.25, -0.2) is 9.78 Å². The van der Waals surface area contributed by atoms with E-state index < -0.39 is 23.8 Å². The number of aliphatic hydroxyl groups excluding tert-OH is 1. The lowest BCUT2D eigenvalue weighted by molar-refractivity contribution is -0.0113. The number of aryl methyl sites for hydroxylation is 1. The summed E-state index contributed by atoms with van der Waals surface area (Å²) < 4.78 is 23.3. The number of amides is 2. The van der Waals surface area contributed by atoms with Crippen molar-refractivity contribution in [2.75, 3.05) is 19.6 Å². The number of hydrogen-bond donors (Lipinski definition) is 2. The fraction of sp³-hybridized carbons (Fsp3) is 0.436. The molecule has 12 nitrogen and oxygen atoms in total. The third-order valence-electron chi connectivity index (χ3n) is 9.22. The number of pyridine rings is 1. The average Bonchev–Trinajstić information content (AvgIpc) is 3.54. The predicted molar refractivity (Wildman–Crippen MR) is 189 cm³/mol. The lowest BCUT2D eigenvalue weighted by Gasteiger charge is -2.40. The molecule has 0 bridgehead atoms. The monoisotopic (exact) mass is 697 g/mol. The molecule has 1 fully saturated rings. The van der Waals surface area contributed by atoms with Crippen molar-refractivity contribution < 1.29 is 33.3 Å². The first kappa shape index (κ1) is 35.9. The molecule has 1 saturated heterocycles. The molecule has 4 heterocycles. The van der Waals surface area contributed by atoms with Gasteiger partial charge in [-0.3, -0.25) is 19.6 Å². The van der Waals surface area contributed by atoms with E-state index in [1.165, 1.54) is 16.9 Å². The summed E-state index contributed by atoms with van der Waals surface area (Å²) in [4.78, 5) is 38.7. The predicted octanol–water partition coefficient (Wildman–Crippen LogP) is 5.45. The summed E-state index contributed by atoms with van der Waals surface area (Å²) in [7, 11) is 0. The summed E-state index contributed by atoms with van der Waals surface area (Å²) in [6.45, 7) is 10.5. The Bertz CT molecular complexity index is 1760. The van der Waals surface area contributed by atoms with Crippen molar-refractivity contribution in [3.05, 3.63) is 107 Å². The number of nitrogens with one attached hydrogen (secondary N) is 1. The van der Waals surface area contributed by atoms with Gasteiger partial charge in [0.25, 0.3) is 5.91 Å². The number of carbonyl (C=O) groups is 2. The van der Waals surface area contributed by atoms with Gasteiger partial charge in [0.15, 0.2) is 12.2 Å². The number of piperidine rings is 1. The van der Waals surface area contributed by atoms with Crippen molar-refractivity contribution in [1.82, 2.24) is 25.1 Å². The first-order valence-corrected chi connectivity index (χ1v) is 17.5. The van der Waals surface area contributed by atoms with Gasteiger partial charge in [-0.2, -0.15) is 0 Å². The second kappa shape index (κ2) is 15.9. The zero-order valence-electron chi connectivity index (χ0n) is 29.7. The van der Waals surface area contributed by atoms with Gasteiger partial charge in [0.05, 0.1) is 17.8 Å². The molecule has 12 heteroatoms. The van der Waals surface area contributed by atoms with Gasteiger partial charge in [0, 0.05) is 50.7 Å². The Hall–Kier alpha value is -4.94. The summed E-state index contributed by atoms with van der Waals surface area (Å²) in [6, 6.07) is 16.2. The molecule has 51 heavy (non-hydrogen) atoms. The number of carbonyl (C=O) groups excluding carboxylic acids is 2. The molecule has 2 aromatic carbocycles. The molecule has 0 spiro atoms. The van der Waals surface area contributed by atoms with Crippen LogP contribution in [0.1, 0.15) is 72.1 Å². The normalized spacial score (nSPS) is 17.4. The third kappa shape index (κ3) is 9.65. The first-order chi connectivity index (χ1) is 24.5. The van der Waals surface area contributed by atoms with Crippen LogP contribution in [0.25, 0.3) is 0 Å². The number of hydrogen-bond acceptors (Lipinski definition) is 10. The Morgan fingerprint density at radius 1 is 1.02 bits per heavy atom. The molecule has 2 atom stereocenters. The van der Waals surface area contributed by atoms with Crippen molar-refractivity contribution in [2.24, 2.45) is 0 Å². The summed E-state index contributed by atoms with van der Waals surface area (Å²) in [5, 5.41) is 14.2. The molecule has 0 aliphatic carbocycles. The quantitative estimate of drug-likeness (QED) is 0.208. The van der Waals surface area contributed by atoms with Crippen LogP contribution in [0.15, 0.2) is 77.8 Å². The van der Waals surface area contributed by atoms with Crippen LogP contribution in [0.3, 0.4) is 0 Å². The molecular formula is C39H47N5O7. The van der Waals surface area contributed by atoms with Crippen LogP contribution >= 0.6 is 0 Å². The maximum Gasteiger partial charge on any atom is 0.410 e. The maximum absolute atomic E-state index is 13.4. The molecule has 0 saturated carbocycles. The third-order valence-corrected chi connectivity index (χ3v) is 9.22. The second-order valence-electron chi connectivity index (χ2n) is 14.2. The average molecular weight is 698 g/mol. The number of aromatic nitrogens is 2. The smallest absolute Gasteiger partial charge is 0.410 e. The maximum atomic E-state index is 13.4. The molecule has 2 aliphatic heterocycles. The second-order valence-corrected chi connectivity index (χ2v) is 14.2. The van der Waals surface area contributed by atoms with Gasteiger partial charge in [0.1, 0.15) is 29.8 Å². The number of oxazole rings is 1. The van der Waals surface area contributed by atoms with Gasteiger partial charge < -0.3 is 29.1 Å². The van der Waals surface area contributed by atoms with Crippen molar-refractivity contribution in [3.63, 3.8) is 0 Å². The Balaban J connectivity index is 1.03. The van der Waals surface area contributed by atoms with E-state index in [1.54, 1.807) is 32.9 Å². The van der Waals surface area contributed by atoms with Crippen LogP contribution < -0.4 is 14.8 Å². The van der Waals surface area contributed by atoms with Crippen LogP contribution in [-0.2, 0) is 30.9 Å². The van der Waals surface area contributed by atoms with Gasteiger partial charge in [0.2, 0.25) is 0 Å². The van der Waals surface area contributed by atoms with E-state index in [2.05, 4.69) is 20.2 Å². The standard InChI is InChI=1S/C39H47N5O7/c1-26-36(49-25-42-26)24-48-33-10-7-29-20-34(44(23-30(29)19-33)38(47)51-39(2,3)4)35(45)21-41-37(46)28-5-8-31(9-6-28)50-32-13-17-43(18-14-32)22-27-11-15-40-16-12-27/h5-12,15-16,19,25,32,34-35,45H,13-14,17-18,20-24H2,1-4H3,(H,41,46)/t34-,35+/m0/s1. The van der Waals surface area contributed by atoms with E-state index >= 15 is 0 Å². The zero-order chi connectivity index (χ0) is 36.0. The van der Waals surface area contributed by atoms with Gasteiger partial charge in [-0.05, 0) is 112 Å². The Morgan fingerprint density at radius 2 is 1.75 bits per heavy atom. The number of likely N-dealkylation sites (tertiary alicyclic amines) is 1. The number of fused-ring (bicyclic) bond motifs is 1. The topological polar surface area (TPSA) is 139 Å². The molecule has 270 valence electrons. The molecule has 2 amide bonds. The minimum Gasteiger partial charge on any atom is -0.490 e. The highest BCUT2D eigenvalue weighted by atomic mass is 16.6. The van der Waals surface area contributed by atoms with E-state index in [0.29, 0.717) is 23.5 Å².